The molecule has 2 rings (SSSR count). The Morgan fingerprint density at radius 1 is 1.04 bits per heavy atom. The molecule has 5 heteroatoms. The van der Waals surface area contributed by atoms with E-state index in [2.05, 4.69) is 11.4 Å². The number of nitrogens with one attached hydrogen (secondary N) is 1. The predicted molar refractivity (Wildman–Crippen MR) is 91.0 cm³/mol. The largest absolute Gasteiger partial charge is 0.497 e. The first-order chi connectivity index (χ1) is 11.7. The molecule has 2 aromatic carbocycles. The molecule has 24 heavy (non-hydrogen) atoms. The number of benzene rings is 2. The third-order valence-electron chi connectivity index (χ3n) is 3.47. The van der Waals surface area contributed by atoms with Crippen molar-refractivity contribution in [1.29, 1.82) is 5.26 Å². The number of carbonyl (C=O) groups excluding carboxylic acids is 1. The van der Waals surface area contributed by atoms with Gasteiger partial charge in [-0.1, -0.05) is 24.3 Å². The molecule has 0 aliphatic heterocycles. The van der Waals surface area contributed by atoms with Crippen LogP contribution in [0.4, 0.5) is 0 Å². The standard InChI is InChI=1S/C19H20N2O3/c1-23-17-6-2-16(3-7-17)11-13-21-19(22)14-24-18-8-4-15(5-9-18)10-12-20/h2-9H,10-11,13-14H2,1H3,(H,21,22). The fraction of sp³-hybridized carbons (Fsp3) is 0.263. The van der Waals surface area contributed by atoms with Crippen molar-refractivity contribution >= 4 is 5.91 Å². The lowest BCUT2D eigenvalue weighted by atomic mass is 10.1. The van der Waals surface area contributed by atoms with Crippen molar-refractivity contribution in [3.63, 3.8) is 0 Å². The lowest BCUT2D eigenvalue weighted by Crippen LogP contribution is -2.30. The molecule has 0 unspecified atom stereocenters. The molecule has 2 aromatic rings. The van der Waals surface area contributed by atoms with Gasteiger partial charge in [0, 0.05) is 6.54 Å². The van der Waals surface area contributed by atoms with Crippen molar-refractivity contribution in [2.45, 2.75) is 12.8 Å². The van der Waals surface area contributed by atoms with Gasteiger partial charge < -0.3 is 14.8 Å². The lowest BCUT2D eigenvalue weighted by Gasteiger charge is -2.08. The summed E-state index contributed by atoms with van der Waals surface area (Å²) in [4.78, 5) is 11.8. The first kappa shape index (κ1) is 17.4. The van der Waals surface area contributed by atoms with Gasteiger partial charge in [0.2, 0.25) is 0 Å². The van der Waals surface area contributed by atoms with Gasteiger partial charge in [-0.05, 0) is 41.8 Å². The summed E-state index contributed by atoms with van der Waals surface area (Å²) in [5.74, 6) is 1.27. The van der Waals surface area contributed by atoms with E-state index >= 15 is 0 Å². The van der Waals surface area contributed by atoms with Crippen LogP contribution in [0, 0.1) is 11.3 Å². The number of ether oxygens (including phenoxy) is 2. The monoisotopic (exact) mass is 324 g/mol. The van der Waals surface area contributed by atoms with Crippen molar-refractivity contribution in [2.24, 2.45) is 0 Å². The minimum Gasteiger partial charge on any atom is -0.497 e. The number of carbonyl (C=O) groups is 1. The molecule has 124 valence electrons. The van der Waals surface area contributed by atoms with Crippen LogP contribution >= 0.6 is 0 Å². The predicted octanol–water partition coefficient (Wildman–Crippen LogP) is 2.50. The van der Waals surface area contributed by atoms with E-state index in [1.54, 1.807) is 19.2 Å². The van der Waals surface area contributed by atoms with Crippen LogP contribution in [-0.2, 0) is 17.6 Å². The Hall–Kier alpha value is -3.00. The van der Waals surface area contributed by atoms with Gasteiger partial charge in [0.25, 0.3) is 5.91 Å². The second-order valence-corrected chi connectivity index (χ2v) is 5.22. The average molecular weight is 324 g/mol. The molecule has 1 N–H and O–H groups in total. The van der Waals surface area contributed by atoms with E-state index in [0.717, 1.165) is 23.3 Å². The summed E-state index contributed by atoms with van der Waals surface area (Å²) >= 11 is 0. The summed E-state index contributed by atoms with van der Waals surface area (Å²) in [5, 5.41) is 11.4. The minimum absolute atomic E-state index is 0.0276. The van der Waals surface area contributed by atoms with Crippen LogP contribution in [0.5, 0.6) is 11.5 Å². The highest BCUT2D eigenvalue weighted by atomic mass is 16.5. The second kappa shape index (κ2) is 9.21. The zero-order valence-electron chi connectivity index (χ0n) is 13.6. The fourth-order valence-electron chi connectivity index (χ4n) is 2.13. The second-order valence-electron chi connectivity index (χ2n) is 5.22. The van der Waals surface area contributed by atoms with Gasteiger partial charge >= 0.3 is 0 Å². The molecular formula is C19H20N2O3. The van der Waals surface area contributed by atoms with Crippen LogP contribution in [0.25, 0.3) is 0 Å². The SMILES string of the molecule is COc1ccc(CCNC(=O)COc2ccc(CC#N)cc2)cc1. The molecule has 0 atom stereocenters. The van der Waals surface area contributed by atoms with Crippen molar-refractivity contribution in [3.8, 4) is 17.6 Å². The Morgan fingerprint density at radius 2 is 1.67 bits per heavy atom. The first-order valence-corrected chi connectivity index (χ1v) is 7.69. The number of rotatable bonds is 8. The average Bonchev–Trinajstić information content (AvgIpc) is 2.62. The molecule has 5 nitrogen and oxygen atoms in total. The maximum atomic E-state index is 11.8. The summed E-state index contributed by atoms with van der Waals surface area (Å²) < 4.78 is 10.5. The summed E-state index contributed by atoms with van der Waals surface area (Å²) in [6.07, 6.45) is 1.12. The minimum atomic E-state index is -0.162. The lowest BCUT2D eigenvalue weighted by molar-refractivity contribution is -0.123. The Kier molecular flexibility index (Phi) is 6.66. The van der Waals surface area contributed by atoms with Crippen molar-refractivity contribution in [1.82, 2.24) is 5.32 Å². The summed E-state index contributed by atoms with van der Waals surface area (Å²) in [7, 11) is 1.63. The van der Waals surface area contributed by atoms with Crippen molar-refractivity contribution < 1.29 is 14.3 Å². The normalized spacial score (nSPS) is 9.83. The molecule has 0 fully saturated rings. The van der Waals surface area contributed by atoms with Gasteiger partial charge in [-0.25, -0.2) is 0 Å². The number of nitriles is 1. The quantitative estimate of drug-likeness (QED) is 0.810. The third kappa shape index (κ3) is 5.65. The molecule has 0 aliphatic rings. The van der Waals surface area contributed by atoms with E-state index in [9.17, 15) is 4.79 Å². The van der Waals surface area contributed by atoms with Gasteiger partial charge in [-0.2, -0.15) is 5.26 Å². The summed E-state index contributed by atoms with van der Waals surface area (Å²) in [5.41, 5.74) is 2.05. The molecule has 1 amide bonds. The number of hydrogen-bond donors (Lipinski definition) is 1. The van der Waals surface area contributed by atoms with Crippen LogP contribution in [0.15, 0.2) is 48.5 Å². The van der Waals surface area contributed by atoms with Gasteiger partial charge in [-0.3, -0.25) is 4.79 Å². The van der Waals surface area contributed by atoms with E-state index in [1.807, 2.05) is 36.4 Å². The Labute approximate surface area is 141 Å². The zero-order valence-corrected chi connectivity index (χ0v) is 13.6. The Bertz CT molecular complexity index is 688. The maximum absolute atomic E-state index is 11.8. The molecular weight excluding hydrogens is 304 g/mol. The van der Waals surface area contributed by atoms with E-state index in [-0.39, 0.29) is 12.5 Å². The molecule has 0 spiro atoms. The number of hydrogen-bond acceptors (Lipinski definition) is 4. The van der Waals surface area contributed by atoms with Crippen molar-refractivity contribution in [2.75, 3.05) is 20.3 Å². The topological polar surface area (TPSA) is 71.3 Å². The first-order valence-electron chi connectivity index (χ1n) is 7.69. The van der Waals surface area contributed by atoms with E-state index in [1.165, 1.54) is 0 Å². The molecule has 0 saturated heterocycles. The Morgan fingerprint density at radius 3 is 2.29 bits per heavy atom. The number of methoxy groups -OCH3 is 1. The third-order valence-corrected chi connectivity index (χ3v) is 3.47. The highest BCUT2D eigenvalue weighted by Crippen LogP contribution is 2.12. The molecule has 0 saturated carbocycles. The van der Waals surface area contributed by atoms with Gasteiger partial charge in [-0.15, -0.1) is 0 Å². The van der Waals surface area contributed by atoms with Crippen molar-refractivity contribution in [3.05, 3.63) is 59.7 Å². The van der Waals surface area contributed by atoms with Crippen LogP contribution < -0.4 is 14.8 Å². The summed E-state index contributed by atoms with van der Waals surface area (Å²) in [6, 6.07) is 17.0. The van der Waals surface area contributed by atoms with Gasteiger partial charge in [0.15, 0.2) is 6.61 Å². The number of nitrogens with zero attached hydrogens (tertiary/aromatic N) is 1. The smallest absolute Gasteiger partial charge is 0.257 e. The van der Waals surface area contributed by atoms with E-state index in [4.69, 9.17) is 14.7 Å². The fourth-order valence-corrected chi connectivity index (χ4v) is 2.13. The van der Waals surface area contributed by atoms with E-state index < -0.39 is 0 Å². The highest BCUT2D eigenvalue weighted by Gasteiger charge is 2.03. The van der Waals surface area contributed by atoms with Gasteiger partial charge in [0.1, 0.15) is 11.5 Å². The number of amides is 1. The molecule has 0 aromatic heterocycles. The van der Waals surface area contributed by atoms with E-state index in [0.29, 0.717) is 18.7 Å². The van der Waals surface area contributed by atoms with Crippen LogP contribution in [0.1, 0.15) is 11.1 Å². The Balaban J connectivity index is 1.68. The molecule has 0 aliphatic carbocycles. The maximum Gasteiger partial charge on any atom is 0.257 e. The van der Waals surface area contributed by atoms with Crippen LogP contribution in [0.3, 0.4) is 0 Å². The van der Waals surface area contributed by atoms with Gasteiger partial charge in [0.05, 0.1) is 19.6 Å². The molecule has 0 bridgehead atoms. The molecule has 0 heterocycles. The summed E-state index contributed by atoms with van der Waals surface area (Å²) in [6.45, 7) is 0.524. The highest BCUT2D eigenvalue weighted by molar-refractivity contribution is 5.77. The molecule has 0 radical (unpaired) electrons. The van der Waals surface area contributed by atoms with Crippen LogP contribution in [-0.4, -0.2) is 26.2 Å². The van der Waals surface area contributed by atoms with Crippen LogP contribution in [0.2, 0.25) is 0 Å². The zero-order chi connectivity index (χ0) is 17.2.